The maximum Gasteiger partial charge on any atom is 0.407 e. The van der Waals surface area contributed by atoms with Crippen molar-refractivity contribution in [2.24, 2.45) is 5.92 Å². The molecule has 1 aromatic carbocycles. The lowest BCUT2D eigenvalue weighted by molar-refractivity contribution is 0.0388. The molecule has 2 saturated heterocycles. The summed E-state index contributed by atoms with van der Waals surface area (Å²) in [7, 11) is 0. The molecule has 0 bridgehead atoms. The van der Waals surface area contributed by atoms with E-state index in [4.69, 9.17) is 4.74 Å². The maximum absolute atomic E-state index is 13.9. The van der Waals surface area contributed by atoms with E-state index in [1.54, 1.807) is 6.07 Å². The second kappa shape index (κ2) is 8.89. The number of amides is 1. The highest BCUT2D eigenvalue weighted by Gasteiger charge is 2.27. The molecule has 0 radical (unpaired) electrons. The lowest BCUT2D eigenvalue weighted by Crippen LogP contribution is -2.44. The van der Waals surface area contributed by atoms with Crippen LogP contribution in [-0.4, -0.2) is 57.5 Å². The number of nitrogens with one attached hydrogen (secondary N) is 3. The zero-order chi connectivity index (χ0) is 19.3. The summed E-state index contributed by atoms with van der Waals surface area (Å²) in [6.07, 6.45) is 1.12. The summed E-state index contributed by atoms with van der Waals surface area (Å²) >= 11 is 0. The Morgan fingerprint density at radius 2 is 2.07 bits per heavy atom. The fourth-order valence-corrected chi connectivity index (χ4v) is 3.81. The Balaban J connectivity index is 1.61. The van der Waals surface area contributed by atoms with Gasteiger partial charge in [-0.05, 0) is 63.0 Å². The summed E-state index contributed by atoms with van der Waals surface area (Å²) in [5, 5.41) is 9.47. The lowest BCUT2D eigenvalue weighted by atomic mass is 9.96. The average molecular weight is 378 g/mol. The molecule has 150 valence electrons. The molecule has 7 heteroatoms. The van der Waals surface area contributed by atoms with Crippen LogP contribution in [-0.2, 0) is 11.2 Å². The first-order valence-corrected chi connectivity index (χ1v) is 9.85. The third-order valence-electron chi connectivity index (χ3n) is 5.18. The van der Waals surface area contributed by atoms with E-state index in [-0.39, 0.29) is 5.82 Å². The van der Waals surface area contributed by atoms with E-state index in [1.807, 2.05) is 19.9 Å². The number of anilines is 1. The number of hydrogen-bond donors (Lipinski definition) is 3. The van der Waals surface area contributed by atoms with Crippen LogP contribution < -0.4 is 20.9 Å². The van der Waals surface area contributed by atoms with Crippen molar-refractivity contribution in [1.29, 1.82) is 0 Å². The van der Waals surface area contributed by atoms with Crippen LogP contribution in [0.25, 0.3) is 0 Å². The van der Waals surface area contributed by atoms with Crippen molar-refractivity contribution in [1.82, 2.24) is 16.0 Å². The molecule has 1 unspecified atom stereocenters. The molecule has 2 heterocycles. The molecule has 0 spiro atoms. The number of piperazine rings is 1. The van der Waals surface area contributed by atoms with Crippen LogP contribution in [0, 0.1) is 11.7 Å². The number of hydrogen-bond acceptors (Lipinski definition) is 5. The molecule has 0 saturated carbocycles. The molecule has 27 heavy (non-hydrogen) atoms. The van der Waals surface area contributed by atoms with Gasteiger partial charge in [-0.3, -0.25) is 0 Å². The van der Waals surface area contributed by atoms with Gasteiger partial charge in [0.1, 0.15) is 11.4 Å². The van der Waals surface area contributed by atoms with Crippen molar-refractivity contribution in [3.8, 4) is 0 Å². The number of halogens is 1. The van der Waals surface area contributed by atoms with E-state index in [2.05, 4.69) is 20.9 Å². The molecule has 0 aromatic heterocycles. The van der Waals surface area contributed by atoms with E-state index in [0.29, 0.717) is 18.9 Å². The summed E-state index contributed by atoms with van der Waals surface area (Å²) in [6.45, 7) is 9.89. The molecule has 2 aliphatic heterocycles. The van der Waals surface area contributed by atoms with Crippen molar-refractivity contribution in [3.05, 3.63) is 29.6 Å². The Morgan fingerprint density at radius 3 is 2.78 bits per heavy atom. The Bertz CT molecular complexity index is 641. The molecular formula is C20H31FN4O2. The third-order valence-corrected chi connectivity index (χ3v) is 5.18. The predicted molar refractivity (Wildman–Crippen MR) is 105 cm³/mol. The van der Waals surface area contributed by atoms with Gasteiger partial charge in [-0.2, -0.15) is 0 Å². The highest BCUT2D eigenvalue weighted by atomic mass is 19.1. The number of carbonyl (C=O) groups is 1. The number of carbonyl (C=O) groups excluding carboxylic acids is 1. The molecule has 3 N–H and O–H groups in total. The minimum Gasteiger partial charge on any atom is -0.443 e. The van der Waals surface area contributed by atoms with Crippen LogP contribution >= 0.6 is 0 Å². The van der Waals surface area contributed by atoms with Crippen LogP contribution in [0.5, 0.6) is 0 Å². The van der Waals surface area contributed by atoms with Crippen LogP contribution in [0.15, 0.2) is 18.2 Å². The van der Waals surface area contributed by atoms with Crippen LogP contribution in [0.2, 0.25) is 0 Å². The van der Waals surface area contributed by atoms with Crippen molar-refractivity contribution < 1.29 is 13.9 Å². The fraction of sp³-hybridized carbons (Fsp3) is 0.650. The molecule has 3 rings (SSSR count). The number of benzene rings is 1. The normalized spacial score (nSPS) is 20.6. The van der Waals surface area contributed by atoms with Crippen molar-refractivity contribution in [2.75, 3.05) is 50.7 Å². The number of rotatable bonds is 6. The van der Waals surface area contributed by atoms with Crippen LogP contribution in [0.4, 0.5) is 14.9 Å². The van der Waals surface area contributed by atoms with Crippen LogP contribution in [0.3, 0.4) is 0 Å². The third kappa shape index (κ3) is 5.81. The summed E-state index contributed by atoms with van der Waals surface area (Å²) in [4.78, 5) is 14.5. The lowest BCUT2D eigenvalue weighted by Gasteiger charge is -2.33. The Morgan fingerprint density at radius 1 is 1.30 bits per heavy atom. The Labute approximate surface area is 160 Å². The number of alkyl carbamates (subject to hydrolysis) is 1. The first kappa shape index (κ1) is 19.9. The second-order valence-corrected chi connectivity index (χ2v) is 8.08. The Hall–Kier alpha value is -1.86. The maximum atomic E-state index is 13.9. The second-order valence-electron chi connectivity index (χ2n) is 8.08. The predicted octanol–water partition coefficient (Wildman–Crippen LogP) is 1.89. The molecular weight excluding hydrogens is 347 g/mol. The van der Waals surface area contributed by atoms with E-state index >= 15 is 0 Å². The smallest absolute Gasteiger partial charge is 0.407 e. The minimum atomic E-state index is -0.728. The summed E-state index contributed by atoms with van der Waals surface area (Å²) in [5.74, 6) is 0.195. The van der Waals surface area contributed by atoms with E-state index in [1.165, 1.54) is 6.07 Å². The highest BCUT2D eigenvalue weighted by Crippen LogP contribution is 2.27. The van der Waals surface area contributed by atoms with Crippen molar-refractivity contribution in [2.45, 2.75) is 32.3 Å². The van der Waals surface area contributed by atoms with Gasteiger partial charge in [0.15, 0.2) is 0 Å². The quantitative estimate of drug-likeness (QED) is 0.706. The van der Waals surface area contributed by atoms with Crippen molar-refractivity contribution >= 4 is 11.8 Å². The first-order valence-electron chi connectivity index (χ1n) is 9.85. The molecule has 2 fully saturated rings. The zero-order valence-corrected chi connectivity index (χ0v) is 16.3. The number of ether oxygens (including phenoxy) is 1. The topological polar surface area (TPSA) is 65.6 Å². The van der Waals surface area contributed by atoms with E-state index in [0.717, 1.165) is 56.9 Å². The van der Waals surface area contributed by atoms with Crippen molar-refractivity contribution in [3.63, 3.8) is 0 Å². The molecule has 0 aliphatic carbocycles. The summed E-state index contributed by atoms with van der Waals surface area (Å²) in [6, 6.07) is 4.89. The Kier molecular flexibility index (Phi) is 6.55. The van der Waals surface area contributed by atoms with Gasteiger partial charge in [0, 0.05) is 44.8 Å². The standard InChI is InChI=1S/C20H31FN4O2/c1-20(2,27-19(26)24-14-15-5-6-23-13-15)12-16-11-17(21)3-4-18(16)25-9-7-22-8-10-25/h3-4,11,15,22-23H,5-10,12-14H2,1-2H3,(H,24,26). The fourth-order valence-electron chi connectivity index (χ4n) is 3.81. The van der Waals surface area contributed by atoms with E-state index < -0.39 is 11.7 Å². The first-order chi connectivity index (χ1) is 12.9. The van der Waals surface area contributed by atoms with Gasteiger partial charge in [-0.1, -0.05) is 0 Å². The molecule has 1 atom stereocenters. The molecule has 1 amide bonds. The van der Waals surface area contributed by atoms with Gasteiger partial charge in [-0.15, -0.1) is 0 Å². The highest BCUT2D eigenvalue weighted by molar-refractivity contribution is 5.67. The molecule has 6 nitrogen and oxygen atoms in total. The summed E-state index contributed by atoms with van der Waals surface area (Å²) in [5.41, 5.74) is 1.16. The summed E-state index contributed by atoms with van der Waals surface area (Å²) < 4.78 is 19.5. The SMILES string of the molecule is CC(C)(Cc1cc(F)ccc1N1CCNCC1)OC(=O)NCC1CCNC1. The van der Waals surface area contributed by atoms with Gasteiger partial charge < -0.3 is 25.6 Å². The monoisotopic (exact) mass is 378 g/mol. The van der Waals surface area contributed by atoms with Gasteiger partial charge in [-0.25, -0.2) is 9.18 Å². The van der Waals surface area contributed by atoms with Gasteiger partial charge >= 0.3 is 6.09 Å². The van der Waals surface area contributed by atoms with Crippen LogP contribution in [0.1, 0.15) is 25.8 Å². The van der Waals surface area contributed by atoms with Gasteiger partial charge in [0.05, 0.1) is 0 Å². The minimum absolute atomic E-state index is 0.266. The van der Waals surface area contributed by atoms with Gasteiger partial charge in [0.2, 0.25) is 0 Å². The van der Waals surface area contributed by atoms with Gasteiger partial charge in [0.25, 0.3) is 0 Å². The van der Waals surface area contributed by atoms with E-state index in [9.17, 15) is 9.18 Å². The number of nitrogens with zero attached hydrogens (tertiary/aromatic N) is 1. The molecule has 2 aliphatic rings. The average Bonchev–Trinajstić information content (AvgIpc) is 3.13. The largest absolute Gasteiger partial charge is 0.443 e. The zero-order valence-electron chi connectivity index (χ0n) is 16.3. The molecule has 1 aromatic rings.